The maximum absolute atomic E-state index is 13.2. The van der Waals surface area contributed by atoms with Crippen LogP contribution in [0, 0.1) is 5.82 Å². The van der Waals surface area contributed by atoms with Crippen molar-refractivity contribution in [2.45, 2.75) is 31.5 Å². The summed E-state index contributed by atoms with van der Waals surface area (Å²) in [6.45, 7) is 2.36. The van der Waals surface area contributed by atoms with Crippen LogP contribution in [0.5, 0.6) is 0 Å². The Morgan fingerprint density at radius 2 is 1.81 bits per heavy atom. The Labute approximate surface area is 192 Å². The van der Waals surface area contributed by atoms with Gasteiger partial charge in [0.1, 0.15) is 5.82 Å². The standard InChI is InChI=1S/C24H26ClFN4O2/c1-27-24(32)28-22-12-18(25)6-4-17(22)5-11-23(31)30-20-9-10-21(30)15-29(14-20)13-16-2-7-19(26)8-3-16/h2-8,11-12,20-21H,9-10,13-15H2,1H3,(H2,27,28,32). The van der Waals surface area contributed by atoms with Crippen molar-refractivity contribution in [3.05, 3.63) is 70.5 Å². The third-order valence-corrected chi connectivity index (χ3v) is 6.26. The number of piperazine rings is 1. The van der Waals surface area contributed by atoms with Crippen molar-refractivity contribution in [1.29, 1.82) is 0 Å². The molecular weight excluding hydrogens is 431 g/mol. The minimum Gasteiger partial charge on any atom is -0.341 e. The highest BCUT2D eigenvalue weighted by Crippen LogP contribution is 2.31. The Kier molecular flexibility index (Phi) is 6.77. The molecule has 0 spiro atoms. The molecule has 0 saturated carbocycles. The average Bonchev–Trinajstić information content (AvgIpc) is 3.05. The number of likely N-dealkylation sites (tertiary alicyclic amines) is 1. The van der Waals surface area contributed by atoms with Crippen LogP contribution < -0.4 is 10.6 Å². The first-order valence-corrected chi connectivity index (χ1v) is 11.1. The Morgan fingerprint density at radius 1 is 1.12 bits per heavy atom. The lowest BCUT2D eigenvalue weighted by Gasteiger charge is -2.40. The van der Waals surface area contributed by atoms with Gasteiger partial charge in [-0.3, -0.25) is 9.69 Å². The van der Waals surface area contributed by atoms with E-state index in [2.05, 4.69) is 15.5 Å². The van der Waals surface area contributed by atoms with Gasteiger partial charge in [-0.15, -0.1) is 0 Å². The molecule has 32 heavy (non-hydrogen) atoms. The lowest BCUT2D eigenvalue weighted by atomic mass is 10.1. The molecule has 4 rings (SSSR count). The minimum absolute atomic E-state index is 0.0280. The molecule has 0 aromatic heterocycles. The summed E-state index contributed by atoms with van der Waals surface area (Å²) in [6, 6.07) is 11.7. The zero-order chi connectivity index (χ0) is 22.7. The molecule has 2 bridgehead atoms. The van der Waals surface area contributed by atoms with Crippen LogP contribution in [-0.4, -0.2) is 54.0 Å². The van der Waals surface area contributed by atoms with Gasteiger partial charge < -0.3 is 15.5 Å². The van der Waals surface area contributed by atoms with E-state index in [4.69, 9.17) is 11.6 Å². The first-order valence-electron chi connectivity index (χ1n) is 10.7. The topological polar surface area (TPSA) is 64.7 Å². The Balaban J connectivity index is 1.42. The zero-order valence-corrected chi connectivity index (χ0v) is 18.6. The number of carbonyl (C=O) groups is 2. The van der Waals surface area contributed by atoms with E-state index in [9.17, 15) is 14.0 Å². The fraction of sp³-hybridized carbons (Fsp3) is 0.333. The van der Waals surface area contributed by atoms with Gasteiger partial charge in [-0.25, -0.2) is 9.18 Å². The molecule has 2 unspecified atom stereocenters. The number of hydrogen-bond acceptors (Lipinski definition) is 3. The number of fused-ring (bicyclic) bond motifs is 2. The van der Waals surface area contributed by atoms with Gasteiger partial charge in [-0.05, 0) is 54.3 Å². The highest BCUT2D eigenvalue weighted by Gasteiger charge is 2.41. The van der Waals surface area contributed by atoms with Crippen LogP contribution >= 0.6 is 11.6 Å². The molecule has 0 aliphatic carbocycles. The summed E-state index contributed by atoms with van der Waals surface area (Å²) in [5, 5.41) is 5.73. The molecule has 2 atom stereocenters. The van der Waals surface area contributed by atoms with E-state index in [0.717, 1.165) is 38.0 Å². The number of benzene rings is 2. The quantitative estimate of drug-likeness (QED) is 0.665. The molecule has 2 aliphatic rings. The normalized spacial score (nSPS) is 20.5. The number of carbonyl (C=O) groups excluding carboxylic acids is 2. The first kappa shape index (κ1) is 22.3. The third kappa shape index (κ3) is 5.11. The largest absolute Gasteiger partial charge is 0.341 e. The van der Waals surface area contributed by atoms with Crippen molar-refractivity contribution in [3.63, 3.8) is 0 Å². The number of hydrogen-bond donors (Lipinski definition) is 2. The highest BCUT2D eigenvalue weighted by atomic mass is 35.5. The number of rotatable bonds is 5. The van der Waals surface area contributed by atoms with Crippen LogP contribution in [0.1, 0.15) is 24.0 Å². The molecule has 2 fully saturated rings. The van der Waals surface area contributed by atoms with E-state index in [0.29, 0.717) is 16.3 Å². The Hall–Kier alpha value is -2.90. The monoisotopic (exact) mass is 456 g/mol. The van der Waals surface area contributed by atoms with Crippen molar-refractivity contribution >= 4 is 35.3 Å². The molecule has 8 heteroatoms. The van der Waals surface area contributed by atoms with Gasteiger partial charge in [-0.2, -0.15) is 0 Å². The fourth-order valence-corrected chi connectivity index (χ4v) is 4.71. The van der Waals surface area contributed by atoms with Crippen molar-refractivity contribution < 1.29 is 14.0 Å². The van der Waals surface area contributed by atoms with E-state index in [1.807, 2.05) is 17.0 Å². The SMILES string of the molecule is CNC(=O)Nc1cc(Cl)ccc1C=CC(=O)N1C2CCC1CN(Cc1ccc(F)cc1)C2. The van der Waals surface area contributed by atoms with Gasteiger partial charge >= 0.3 is 6.03 Å². The lowest BCUT2D eigenvalue weighted by molar-refractivity contribution is -0.131. The summed E-state index contributed by atoms with van der Waals surface area (Å²) in [5.41, 5.74) is 2.31. The molecular formula is C24H26ClFN4O2. The number of halogens is 2. The van der Waals surface area contributed by atoms with Crippen molar-refractivity contribution in [3.8, 4) is 0 Å². The summed E-state index contributed by atoms with van der Waals surface area (Å²) in [5.74, 6) is -0.259. The van der Waals surface area contributed by atoms with Crippen LogP contribution in [0.15, 0.2) is 48.5 Å². The van der Waals surface area contributed by atoms with Crippen molar-refractivity contribution in [2.75, 3.05) is 25.5 Å². The Morgan fingerprint density at radius 3 is 2.47 bits per heavy atom. The Bertz CT molecular complexity index is 1010. The summed E-state index contributed by atoms with van der Waals surface area (Å²) < 4.78 is 13.2. The van der Waals surface area contributed by atoms with Crippen LogP contribution in [0.2, 0.25) is 5.02 Å². The summed E-state index contributed by atoms with van der Waals surface area (Å²) in [7, 11) is 1.53. The van der Waals surface area contributed by atoms with Gasteiger partial charge in [0.05, 0.1) is 5.69 Å². The number of anilines is 1. The molecule has 2 aliphatic heterocycles. The number of amides is 3. The van der Waals surface area contributed by atoms with E-state index in [-0.39, 0.29) is 29.8 Å². The zero-order valence-electron chi connectivity index (χ0n) is 17.9. The van der Waals surface area contributed by atoms with Crippen LogP contribution in [0.3, 0.4) is 0 Å². The molecule has 0 radical (unpaired) electrons. The molecule has 168 valence electrons. The fourth-order valence-electron chi connectivity index (χ4n) is 4.54. The van der Waals surface area contributed by atoms with Gasteiger partial charge in [0.2, 0.25) is 5.91 Å². The van der Waals surface area contributed by atoms with E-state index in [1.165, 1.54) is 19.2 Å². The van der Waals surface area contributed by atoms with E-state index >= 15 is 0 Å². The maximum atomic E-state index is 13.2. The second kappa shape index (κ2) is 9.71. The number of urea groups is 1. The number of nitrogens with one attached hydrogen (secondary N) is 2. The third-order valence-electron chi connectivity index (χ3n) is 6.03. The molecule has 3 amide bonds. The van der Waals surface area contributed by atoms with Crippen LogP contribution in [-0.2, 0) is 11.3 Å². The van der Waals surface area contributed by atoms with Crippen LogP contribution in [0.4, 0.5) is 14.9 Å². The molecule has 2 saturated heterocycles. The van der Waals surface area contributed by atoms with Gasteiger partial charge in [-0.1, -0.05) is 29.8 Å². The van der Waals surface area contributed by atoms with Crippen molar-refractivity contribution in [2.24, 2.45) is 0 Å². The van der Waals surface area contributed by atoms with Gasteiger partial charge in [0.15, 0.2) is 0 Å². The highest BCUT2D eigenvalue weighted by molar-refractivity contribution is 6.31. The molecule has 2 aromatic carbocycles. The molecule has 2 N–H and O–H groups in total. The predicted molar refractivity (Wildman–Crippen MR) is 124 cm³/mol. The second-order valence-corrected chi connectivity index (χ2v) is 8.66. The van der Waals surface area contributed by atoms with Gasteiger partial charge in [0, 0.05) is 49.9 Å². The average molecular weight is 457 g/mol. The van der Waals surface area contributed by atoms with Crippen LogP contribution in [0.25, 0.3) is 6.08 Å². The number of nitrogens with zero attached hydrogens (tertiary/aromatic N) is 2. The molecule has 2 heterocycles. The maximum Gasteiger partial charge on any atom is 0.318 e. The first-order chi connectivity index (χ1) is 15.4. The smallest absolute Gasteiger partial charge is 0.318 e. The molecule has 6 nitrogen and oxygen atoms in total. The molecule has 2 aromatic rings. The summed E-state index contributed by atoms with van der Waals surface area (Å²) >= 11 is 6.06. The van der Waals surface area contributed by atoms with Crippen molar-refractivity contribution in [1.82, 2.24) is 15.1 Å². The summed E-state index contributed by atoms with van der Waals surface area (Å²) in [4.78, 5) is 29.1. The lowest BCUT2D eigenvalue weighted by Crippen LogP contribution is -2.55. The second-order valence-electron chi connectivity index (χ2n) is 8.22. The minimum atomic E-state index is -0.358. The van der Waals surface area contributed by atoms with E-state index < -0.39 is 0 Å². The van der Waals surface area contributed by atoms with E-state index in [1.54, 1.807) is 30.4 Å². The van der Waals surface area contributed by atoms with Gasteiger partial charge in [0.25, 0.3) is 0 Å². The predicted octanol–water partition coefficient (Wildman–Crippen LogP) is 4.12. The summed E-state index contributed by atoms with van der Waals surface area (Å²) in [6.07, 6.45) is 5.25.